The highest BCUT2D eigenvalue weighted by molar-refractivity contribution is 5.27. The van der Waals surface area contributed by atoms with Crippen LogP contribution in [-0.2, 0) is 11.3 Å². The molecule has 1 atom stereocenters. The van der Waals surface area contributed by atoms with E-state index in [9.17, 15) is 5.11 Å². The molecular weight excluding hydrogens is 278 g/mol. The van der Waals surface area contributed by atoms with Gasteiger partial charge in [0, 0.05) is 18.7 Å². The lowest BCUT2D eigenvalue weighted by Gasteiger charge is -2.28. The molecular formula is C18H27NO3. The van der Waals surface area contributed by atoms with Gasteiger partial charge in [-0.3, -0.25) is 0 Å². The number of ether oxygens (including phenoxy) is 2. The largest absolute Gasteiger partial charge is 0.491 e. The highest BCUT2D eigenvalue weighted by atomic mass is 16.5. The summed E-state index contributed by atoms with van der Waals surface area (Å²) in [6, 6.07) is 8.23. The second kappa shape index (κ2) is 7.44. The first-order chi connectivity index (χ1) is 10.8. The average molecular weight is 305 g/mol. The van der Waals surface area contributed by atoms with E-state index in [0.717, 1.165) is 44.6 Å². The van der Waals surface area contributed by atoms with E-state index in [-0.39, 0.29) is 18.2 Å². The first kappa shape index (κ1) is 15.8. The predicted octanol–water partition coefficient (Wildman–Crippen LogP) is 2.64. The summed E-state index contributed by atoms with van der Waals surface area (Å²) >= 11 is 0. The van der Waals surface area contributed by atoms with Crippen LogP contribution in [0.5, 0.6) is 5.75 Å². The highest BCUT2D eigenvalue weighted by Crippen LogP contribution is 2.29. The monoisotopic (exact) mass is 305 g/mol. The number of hydrogen-bond acceptors (Lipinski definition) is 4. The van der Waals surface area contributed by atoms with Crippen LogP contribution in [0.25, 0.3) is 0 Å². The molecule has 1 unspecified atom stereocenters. The van der Waals surface area contributed by atoms with E-state index in [1.165, 1.54) is 18.4 Å². The normalized spacial score (nSPS) is 23.8. The Balaban J connectivity index is 1.46. The summed E-state index contributed by atoms with van der Waals surface area (Å²) < 4.78 is 11.3. The SMILES string of the molecule is OCC1(NCc2ccc(OCC3CCCO3)cc2)CCCC1. The summed E-state index contributed by atoms with van der Waals surface area (Å²) in [5.41, 5.74) is 1.17. The Hall–Kier alpha value is -1.10. The maximum atomic E-state index is 9.62. The molecule has 1 aliphatic carbocycles. The molecule has 0 bridgehead atoms. The minimum atomic E-state index is -0.0605. The molecule has 0 amide bonds. The zero-order valence-corrected chi connectivity index (χ0v) is 13.2. The van der Waals surface area contributed by atoms with Crippen molar-refractivity contribution in [2.24, 2.45) is 0 Å². The van der Waals surface area contributed by atoms with Gasteiger partial charge in [-0.25, -0.2) is 0 Å². The van der Waals surface area contributed by atoms with E-state index in [4.69, 9.17) is 9.47 Å². The molecule has 122 valence electrons. The first-order valence-corrected chi connectivity index (χ1v) is 8.49. The molecule has 2 aliphatic rings. The summed E-state index contributed by atoms with van der Waals surface area (Å²) in [6.07, 6.45) is 7.08. The van der Waals surface area contributed by atoms with Gasteiger partial charge in [-0.2, -0.15) is 0 Å². The molecule has 0 radical (unpaired) electrons. The molecule has 4 heteroatoms. The van der Waals surface area contributed by atoms with Gasteiger partial charge >= 0.3 is 0 Å². The van der Waals surface area contributed by atoms with Crippen molar-refractivity contribution in [3.63, 3.8) is 0 Å². The maximum Gasteiger partial charge on any atom is 0.119 e. The van der Waals surface area contributed by atoms with Crippen LogP contribution in [-0.4, -0.2) is 36.6 Å². The van der Waals surface area contributed by atoms with Gasteiger partial charge in [0.1, 0.15) is 12.4 Å². The predicted molar refractivity (Wildman–Crippen MR) is 86.0 cm³/mol. The molecule has 4 nitrogen and oxygen atoms in total. The van der Waals surface area contributed by atoms with Gasteiger partial charge in [-0.05, 0) is 43.4 Å². The molecule has 1 aliphatic heterocycles. The third kappa shape index (κ3) is 4.00. The van der Waals surface area contributed by atoms with Crippen molar-refractivity contribution >= 4 is 0 Å². The molecule has 1 aromatic rings. The second-order valence-electron chi connectivity index (χ2n) is 6.59. The fourth-order valence-electron chi connectivity index (χ4n) is 3.40. The highest BCUT2D eigenvalue weighted by Gasteiger charge is 2.32. The molecule has 1 saturated heterocycles. The van der Waals surface area contributed by atoms with Crippen LogP contribution in [0.4, 0.5) is 0 Å². The number of aliphatic hydroxyl groups excluding tert-OH is 1. The first-order valence-electron chi connectivity index (χ1n) is 8.49. The van der Waals surface area contributed by atoms with Gasteiger partial charge < -0.3 is 19.9 Å². The van der Waals surface area contributed by atoms with Crippen LogP contribution in [0.15, 0.2) is 24.3 Å². The van der Waals surface area contributed by atoms with Crippen LogP contribution in [0.1, 0.15) is 44.1 Å². The molecule has 2 N–H and O–H groups in total. The van der Waals surface area contributed by atoms with Crippen molar-refractivity contribution in [3.05, 3.63) is 29.8 Å². The number of rotatable bonds is 7. The summed E-state index contributed by atoms with van der Waals surface area (Å²) in [5, 5.41) is 13.2. The van der Waals surface area contributed by atoms with E-state index in [2.05, 4.69) is 17.4 Å². The number of nitrogens with one attached hydrogen (secondary N) is 1. The molecule has 1 aromatic carbocycles. The second-order valence-corrected chi connectivity index (χ2v) is 6.59. The van der Waals surface area contributed by atoms with Gasteiger partial charge in [-0.15, -0.1) is 0 Å². The van der Waals surface area contributed by atoms with Crippen LogP contribution in [0.2, 0.25) is 0 Å². The number of benzene rings is 1. The van der Waals surface area contributed by atoms with Crippen molar-refractivity contribution in [2.45, 2.75) is 56.7 Å². The number of aliphatic hydroxyl groups is 1. The van der Waals surface area contributed by atoms with Crippen molar-refractivity contribution in [3.8, 4) is 5.75 Å². The van der Waals surface area contributed by atoms with E-state index in [1.54, 1.807) is 0 Å². The smallest absolute Gasteiger partial charge is 0.119 e. The van der Waals surface area contributed by atoms with Crippen molar-refractivity contribution in [1.82, 2.24) is 5.32 Å². The Morgan fingerprint density at radius 2 is 1.95 bits per heavy atom. The van der Waals surface area contributed by atoms with E-state index in [0.29, 0.717) is 6.61 Å². The van der Waals surface area contributed by atoms with E-state index >= 15 is 0 Å². The van der Waals surface area contributed by atoms with Crippen LogP contribution in [0, 0.1) is 0 Å². The molecule has 3 rings (SSSR count). The topological polar surface area (TPSA) is 50.7 Å². The summed E-state index contributed by atoms with van der Waals surface area (Å²) in [6.45, 7) is 2.54. The molecule has 0 aromatic heterocycles. The summed E-state index contributed by atoms with van der Waals surface area (Å²) in [5.74, 6) is 0.900. The Bertz CT molecular complexity index is 448. The average Bonchev–Trinajstić information content (AvgIpc) is 3.24. The third-order valence-electron chi connectivity index (χ3n) is 4.91. The minimum Gasteiger partial charge on any atom is -0.491 e. The Labute approximate surface area is 132 Å². The Morgan fingerprint density at radius 3 is 2.59 bits per heavy atom. The minimum absolute atomic E-state index is 0.0605. The molecule has 1 heterocycles. The fourth-order valence-corrected chi connectivity index (χ4v) is 3.40. The third-order valence-corrected chi connectivity index (χ3v) is 4.91. The van der Waals surface area contributed by atoms with Gasteiger partial charge in [-0.1, -0.05) is 25.0 Å². The summed E-state index contributed by atoms with van der Waals surface area (Å²) in [4.78, 5) is 0. The maximum absolute atomic E-state index is 9.62. The van der Waals surface area contributed by atoms with Crippen molar-refractivity contribution in [2.75, 3.05) is 19.8 Å². The zero-order chi connectivity index (χ0) is 15.3. The van der Waals surface area contributed by atoms with Gasteiger partial charge in [0.05, 0.1) is 12.7 Å². The van der Waals surface area contributed by atoms with Crippen LogP contribution >= 0.6 is 0 Å². The van der Waals surface area contributed by atoms with Crippen LogP contribution in [0.3, 0.4) is 0 Å². The standard InChI is InChI=1S/C18H27NO3/c20-14-18(9-1-2-10-18)19-12-15-5-7-16(8-6-15)22-13-17-4-3-11-21-17/h5-8,17,19-20H,1-4,9-14H2. The Morgan fingerprint density at radius 1 is 1.18 bits per heavy atom. The number of hydrogen-bond donors (Lipinski definition) is 2. The zero-order valence-electron chi connectivity index (χ0n) is 13.2. The lowest BCUT2D eigenvalue weighted by molar-refractivity contribution is 0.0679. The van der Waals surface area contributed by atoms with E-state index < -0.39 is 0 Å². The molecule has 1 saturated carbocycles. The Kier molecular flexibility index (Phi) is 5.34. The lowest BCUT2D eigenvalue weighted by Crippen LogP contribution is -2.45. The fraction of sp³-hybridized carbons (Fsp3) is 0.667. The molecule has 22 heavy (non-hydrogen) atoms. The van der Waals surface area contributed by atoms with Crippen molar-refractivity contribution < 1.29 is 14.6 Å². The van der Waals surface area contributed by atoms with Gasteiger partial charge in [0.25, 0.3) is 0 Å². The van der Waals surface area contributed by atoms with Gasteiger partial charge in [0.2, 0.25) is 0 Å². The van der Waals surface area contributed by atoms with Crippen LogP contribution < -0.4 is 10.1 Å². The van der Waals surface area contributed by atoms with Gasteiger partial charge in [0.15, 0.2) is 0 Å². The van der Waals surface area contributed by atoms with Crippen molar-refractivity contribution in [1.29, 1.82) is 0 Å². The van der Waals surface area contributed by atoms with E-state index in [1.807, 2.05) is 12.1 Å². The molecule has 2 fully saturated rings. The molecule has 0 spiro atoms. The lowest BCUT2D eigenvalue weighted by atomic mass is 9.98. The quantitative estimate of drug-likeness (QED) is 0.813. The summed E-state index contributed by atoms with van der Waals surface area (Å²) in [7, 11) is 0.